The standard InChI is InChI=1S/C9H16N2O3/c1-2-14-9(13)8(12)10-11-6-4-3-5-7-11/h2-7H2,1H3,(H,10,12). The number of amides is 1. The van der Waals surface area contributed by atoms with Crippen LogP contribution in [0, 0.1) is 0 Å². The normalized spacial score (nSPS) is 17.5. The van der Waals surface area contributed by atoms with Crippen molar-refractivity contribution in [2.45, 2.75) is 26.2 Å². The molecule has 0 aromatic heterocycles. The minimum atomic E-state index is -0.807. The molecule has 0 spiro atoms. The molecule has 1 rings (SSSR count). The van der Waals surface area contributed by atoms with Crippen LogP contribution in [0.15, 0.2) is 0 Å². The first-order chi connectivity index (χ1) is 6.74. The molecule has 1 aliphatic rings. The maximum absolute atomic E-state index is 11.2. The van der Waals surface area contributed by atoms with Gasteiger partial charge >= 0.3 is 11.9 Å². The molecule has 14 heavy (non-hydrogen) atoms. The number of ether oxygens (including phenoxy) is 1. The summed E-state index contributed by atoms with van der Waals surface area (Å²) in [6, 6.07) is 0. The van der Waals surface area contributed by atoms with Crippen LogP contribution in [-0.4, -0.2) is 36.6 Å². The van der Waals surface area contributed by atoms with Gasteiger partial charge in [0.2, 0.25) is 0 Å². The van der Waals surface area contributed by atoms with Gasteiger partial charge in [0.25, 0.3) is 0 Å². The predicted molar refractivity (Wildman–Crippen MR) is 50.2 cm³/mol. The SMILES string of the molecule is CCOC(=O)C(=O)NN1CCCCC1. The van der Waals surface area contributed by atoms with E-state index in [0.29, 0.717) is 0 Å². The molecule has 0 aromatic rings. The third-order valence-corrected chi connectivity index (χ3v) is 2.08. The summed E-state index contributed by atoms with van der Waals surface area (Å²) < 4.78 is 4.57. The average Bonchev–Trinajstić information content (AvgIpc) is 2.19. The van der Waals surface area contributed by atoms with E-state index in [-0.39, 0.29) is 6.61 Å². The van der Waals surface area contributed by atoms with Crippen LogP contribution in [0.5, 0.6) is 0 Å². The number of piperidine rings is 1. The Hall–Kier alpha value is -1.10. The number of hydrogen-bond acceptors (Lipinski definition) is 4. The highest BCUT2D eigenvalue weighted by atomic mass is 16.5. The third kappa shape index (κ3) is 3.33. The number of hydrogen-bond donors (Lipinski definition) is 1. The second kappa shape index (κ2) is 5.59. The Kier molecular flexibility index (Phi) is 4.39. The molecule has 0 bridgehead atoms. The topological polar surface area (TPSA) is 58.6 Å². The maximum atomic E-state index is 11.2. The molecular formula is C9H16N2O3. The summed E-state index contributed by atoms with van der Waals surface area (Å²) in [4.78, 5) is 22.1. The molecule has 0 saturated carbocycles. The number of hydrazine groups is 1. The Labute approximate surface area is 83.4 Å². The first-order valence-electron chi connectivity index (χ1n) is 4.96. The highest BCUT2D eigenvalue weighted by molar-refractivity contribution is 6.32. The Bertz CT molecular complexity index is 212. The van der Waals surface area contributed by atoms with E-state index < -0.39 is 11.9 Å². The van der Waals surface area contributed by atoms with Crippen molar-refractivity contribution in [1.82, 2.24) is 10.4 Å². The van der Waals surface area contributed by atoms with E-state index >= 15 is 0 Å². The molecule has 1 N–H and O–H groups in total. The van der Waals surface area contributed by atoms with Crippen LogP contribution in [0.25, 0.3) is 0 Å². The molecule has 0 atom stereocenters. The number of carbonyl (C=O) groups is 2. The van der Waals surface area contributed by atoms with Gasteiger partial charge in [-0.3, -0.25) is 10.2 Å². The van der Waals surface area contributed by atoms with Gasteiger partial charge in [0.15, 0.2) is 0 Å². The van der Waals surface area contributed by atoms with E-state index in [1.165, 1.54) is 6.42 Å². The van der Waals surface area contributed by atoms with Crippen LogP contribution < -0.4 is 5.43 Å². The zero-order valence-electron chi connectivity index (χ0n) is 8.41. The molecule has 0 unspecified atom stereocenters. The summed E-state index contributed by atoms with van der Waals surface area (Å²) in [7, 11) is 0. The van der Waals surface area contributed by atoms with Gasteiger partial charge in [0.05, 0.1) is 6.61 Å². The zero-order valence-corrected chi connectivity index (χ0v) is 8.41. The van der Waals surface area contributed by atoms with Crippen molar-refractivity contribution in [1.29, 1.82) is 0 Å². The van der Waals surface area contributed by atoms with Gasteiger partial charge in [0.1, 0.15) is 0 Å². The number of esters is 1. The van der Waals surface area contributed by atoms with Gasteiger partial charge in [-0.2, -0.15) is 0 Å². The third-order valence-electron chi connectivity index (χ3n) is 2.08. The first-order valence-corrected chi connectivity index (χ1v) is 4.96. The minimum absolute atomic E-state index is 0.228. The summed E-state index contributed by atoms with van der Waals surface area (Å²) in [6.07, 6.45) is 3.30. The molecule has 0 aliphatic carbocycles. The van der Waals surface area contributed by atoms with Crippen LogP contribution >= 0.6 is 0 Å². The van der Waals surface area contributed by atoms with E-state index in [4.69, 9.17) is 0 Å². The first kappa shape index (κ1) is 11.0. The molecule has 0 radical (unpaired) electrons. The Morgan fingerprint density at radius 2 is 1.93 bits per heavy atom. The van der Waals surface area contributed by atoms with Gasteiger partial charge in [-0.25, -0.2) is 9.80 Å². The number of nitrogens with zero attached hydrogens (tertiary/aromatic N) is 1. The van der Waals surface area contributed by atoms with E-state index in [2.05, 4.69) is 10.2 Å². The molecule has 1 heterocycles. The number of nitrogens with one attached hydrogen (secondary N) is 1. The fourth-order valence-electron chi connectivity index (χ4n) is 1.39. The Morgan fingerprint density at radius 3 is 2.50 bits per heavy atom. The lowest BCUT2D eigenvalue weighted by Gasteiger charge is -2.26. The molecule has 80 valence electrons. The van der Waals surface area contributed by atoms with Crippen LogP contribution in [0.4, 0.5) is 0 Å². The second-order valence-corrected chi connectivity index (χ2v) is 3.21. The van der Waals surface area contributed by atoms with Gasteiger partial charge in [0, 0.05) is 13.1 Å². The summed E-state index contributed by atoms with van der Waals surface area (Å²) in [6.45, 7) is 3.52. The molecular weight excluding hydrogens is 184 g/mol. The summed E-state index contributed by atoms with van der Waals surface area (Å²) >= 11 is 0. The van der Waals surface area contributed by atoms with E-state index in [0.717, 1.165) is 25.9 Å². The van der Waals surface area contributed by atoms with Crippen molar-refractivity contribution in [3.63, 3.8) is 0 Å². The molecule has 1 saturated heterocycles. The fraction of sp³-hybridized carbons (Fsp3) is 0.778. The van der Waals surface area contributed by atoms with Crippen LogP contribution in [0.3, 0.4) is 0 Å². The number of carbonyl (C=O) groups excluding carboxylic acids is 2. The van der Waals surface area contributed by atoms with Crippen LogP contribution in [0.2, 0.25) is 0 Å². The predicted octanol–water partition coefficient (Wildman–Crippen LogP) is 0.0666. The van der Waals surface area contributed by atoms with Crippen molar-refractivity contribution in [2.24, 2.45) is 0 Å². The fourth-order valence-corrected chi connectivity index (χ4v) is 1.39. The van der Waals surface area contributed by atoms with E-state index in [1.807, 2.05) is 0 Å². The lowest BCUT2D eigenvalue weighted by atomic mass is 10.2. The van der Waals surface area contributed by atoms with Crippen molar-refractivity contribution in [2.75, 3.05) is 19.7 Å². The Morgan fingerprint density at radius 1 is 1.29 bits per heavy atom. The minimum Gasteiger partial charge on any atom is -0.459 e. The highest BCUT2D eigenvalue weighted by Gasteiger charge is 2.19. The summed E-state index contributed by atoms with van der Waals surface area (Å²) in [5.41, 5.74) is 2.52. The molecule has 1 aliphatic heterocycles. The quantitative estimate of drug-likeness (QED) is 0.506. The lowest BCUT2D eigenvalue weighted by Crippen LogP contribution is -2.48. The second-order valence-electron chi connectivity index (χ2n) is 3.21. The van der Waals surface area contributed by atoms with Crippen molar-refractivity contribution >= 4 is 11.9 Å². The number of rotatable bonds is 2. The molecule has 1 fully saturated rings. The smallest absolute Gasteiger partial charge is 0.398 e. The van der Waals surface area contributed by atoms with Gasteiger partial charge in [-0.05, 0) is 19.8 Å². The van der Waals surface area contributed by atoms with Crippen molar-refractivity contribution < 1.29 is 14.3 Å². The van der Waals surface area contributed by atoms with Gasteiger partial charge in [-0.15, -0.1) is 0 Å². The Balaban J connectivity index is 2.28. The van der Waals surface area contributed by atoms with Gasteiger partial charge in [-0.1, -0.05) is 6.42 Å². The molecule has 1 amide bonds. The van der Waals surface area contributed by atoms with Crippen LogP contribution in [0.1, 0.15) is 26.2 Å². The summed E-state index contributed by atoms with van der Waals surface area (Å²) in [5, 5.41) is 1.77. The van der Waals surface area contributed by atoms with Gasteiger partial charge < -0.3 is 4.74 Å². The van der Waals surface area contributed by atoms with Crippen LogP contribution in [-0.2, 0) is 14.3 Å². The average molecular weight is 200 g/mol. The van der Waals surface area contributed by atoms with E-state index in [9.17, 15) is 9.59 Å². The monoisotopic (exact) mass is 200 g/mol. The summed E-state index contributed by atoms with van der Waals surface area (Å²) in [5.74, 6) is -1.48. The lowest BCUT2D eigenvalue weighted by molar-refractivity contribution is -0.157. The van der Waals surface area contributed by atoms with Crippen molar-refractivity contribution in [3.8, 4) is 0 Å². The molecule has 0 aromatic carbocycles. The van der Waals surface area contributed by atoms with E-state index in [1.54, 1.807) is 11.9 Å². The molecule has 5 heteroatoms. The maximum Gasteiger partial charge on any atom is 0.398 e. The largest absolute Gasteiger partial charge is 0.459 e. The van der Waals surface area contributed by atoms with Crippen molar-refractivity contribution in [3.05, 3.63) is 0 Å². The zero-order chi connectivity index (χ0) is 10.4. The molecule has 5 nitrogen and oxygen atoms in total. The highest BCUT2D eigenvalue weighted by Crippen LogP contribution is 2.05.